The molecule has 3 N–H and O–H groups in total. The lowest BCUT2D eigenvalue weighted by Crippen LogP contribution is -2.29. The molecule has 0 atom stereocenters. The van der Waals surface area contributed by atoms with Crippen molar-refractivity contribution in [1.82, 2.24) is 20.1 Å². The van der Waals surface area contributed by atoms with Gasteiger partial charge in [0, 0.05) is 48.4 Å². The summed E-state index contributed by atoms with van der Waals surface area (Å²) in [5.74, 6) is 0. The number of aryl methyl sites for hydroxylation is 1. The molecule has 0 saturated heterocycles. The Bertz CT molecular complexity index is 1010. The highest BCUT2D eigenvalue weighted by molar-refractivity contribution is 5.79. The number of pyridine rings is 1. The lowest BCUT2D eigenvalue weighted by Gasteiger charge is -2.19. The number of benzene rings is 1. The molecule has 0 amide bonds. The summed E-state index contributed by atoms with van der Waals surface area (Å²) in [6, 6.07) is 8.06. The Hall–Kier alpha value is -2.60. The van der Waals surface area contributed by atoms with Crippen LogP contribution in [0.15, 0.2) is 33.9 Å². The Morgan fingerprint density at radius 3 is 2.75 bits per heavy atom. The molecule has 0 unspecified atom stereocenters. The molecule has 6 heteroatoms. The van der Waals surface area contributed by atoms with Crippen LogP contribution in [0.5, 0.6) is 0 Å². The van der Waals surface area contributed by atoms with E-state index < -0.39 is 0 Å². The zero-order valence-electron chi connectivity index (χ0n) is 13.6. The van der Waals surface area contributed by atoms with Crippen molar-refractivity contribution in [2.45, 2.75) is 26.3 Å². The summed E-state index contributed by atoms with van der Waals surface area (Å²) in [7, 11) is 0. The number of hydrogen-bond donors (Lipinski definition) is 3. The molecule has 1 aliphatic heterocycles. The Kier molecular flexibility index (Phi) is 3.61. The monoisotopic (exact) mass is 324 g/mol. The van der Waals surface area contributed by atoms with E-state index in [9.17, 15) is 9.59 Å². The molecule has 0 bridgehead atoms. The number of nitrogens with zero attached hydrogens (tertiary/aromatic N) is 1. The maximum atomic E-state index is 12.4. The maximum Gasteiger partial charge on any atom is 0.267 e. The van der Waals surface area contributed by atoms with Gasteiger partial charge in [0.05, 0.1) is 0 Å². The van der Waals surface area contributed by atoms with Crippen LogP contribution in [0.1, 0.15) is 22.4 Å². The van der Waals surface area contributed by atoms with Gasteiger partial charge in [0.2, 0.25) is 0 Å². The van der Waals surface area contributed by atoms with Crippen molar-refractivity contribution in [3.8, 4) is 0 Å². The molecule has 0 aliphatic carbocycles. The van der Waals surface area contributed by atoms with E-state index in [1.807, 2.05) is 25.1 Å². The van der Waals surface area contributed by atoms with Crippen molar-refractivity contribution in [3.05, 3.63) is 67.4 Å². The first kappa shape index (κ1) is 15.0. The van der Waals surface area contributed by atoms with Gasteiger partial charge in [-0.1, -0.05) is 12.1 Å². The van der Waals surface area contributed by atoms with Crippen LogP contribution in [0.2, 0.25) is 0 Å². The van der Waals surface area contributed by atoms with Gasteiger partial charge in [-0.25, -0.2) is 0 Å². The van der Waals surface area contributed by atoms with Crippen LogP contribution < -0.4 is 11.1 Å². The fourth-order valence-corrected chi connectivity index (χ4v) is 3.43. The molecule has 0 fully saturated rings. The average molecular weight is 324 g/mol. The molecule has 0 radical (unpaired) electrons. The SMILES string of the molecule is Cc1ccc2cc(CN3CCc4[nH][nH]c(=O)c4CC3)c(=O)[nH]c2c1. The predicted octanol–water partition coefficient (Wildman–Crippen LogP) is 1.45. The smallest absolute Gasteiger partial charge is 0.267 e. The number of nitrogens with one attached hydrogen (secondary N) is 3. The van der Waals surface area contributed by atoms with Gasteiger partial charge in [-0.3, -0.25) is 19.6 Å². The summed E-state index contributed by atoms with van der Waals surface area (Å²) in [4.78, 5) is 29.3. The number of aromatic nitrogens is 3. The van der Waals surface area contributed by atoms with Crippen LogP contribution in [0.3, 0.4) is 0 Å². The molecular formula is C18H20N4O2. The molecule has 4 rings (SSSR count). The lowest BCUT2D eigenvalue weighted by atomic mass is 10.1. The van der Waals surface area contributed by atoms with Crippen molar-refractivity contribution < 1.29 is 0 Å². The minimum atomic E-state index is -0.0336. The molecule has 3 heterocycles. The minimum Gasteiger partial charge on any atom is -0.322 e. The van der Waals surface area contributed by atoms with E-state index in [0.717, 1.165) is 52.8 Å². The van der Waals surface area contributed by atoms with Crippen LogP contribution in [-0.2, 0) is 19.4 Å². The fourth-order valence-electron chi connectivity index (χ4n) is 3.43. The van der Waals surface area contributed by atoms with Gasteiger partial charge in [-0.15, -0.1) is 0 Å². The van der Waals surface area contributed by atoms with Crippen LogP contribution in [0.25, 0.3) is 10.9 Å². The largest absolute Gasteiger partial charge is 0.322 e. The summed E-state index contributed by atoms with van der Waals surface area (Å²) in [6.45, 7) is 4.21. The topological polar surface area (TPSA) is 84.8 Å². The summed E-state index contributed by atoms with van der Waals surface area (Å²) < 4.78 is 0. The second-order valence-corrected chi connectivity index (χ2v) is 6.53. The van der Waals surface area contributed by atoms with Gasteiger partial charge in [0.25, 0.3) is 11.1 Å². The van der Waals surface area contributed by atoms with Crippen molar-refractivity contribution >= 4 is 10.9 Å². The predicted molar refractivity (Wildman–Crippen MR) is 93.4 cm³/mol. The quantitative estimate of drug-likeness (QED) is 0.667. The third kappa shape index (κ3) is 2.69. The van der Waals surface area contributed by atoms with Gasteiger partial charge in [-0.2, -0.15) is 0 Å². The number of fused-ring (bicyclic) bond motifs is 2. The van der Waals surface area contributed by atoms with Crippen molar-refractivity contribution in [2.24, 2.45) is 0 Å². The van der Waals surface area contributed by atoms with Gasteiger partial charge < -0.3 is 10.1 Å². The normalized spacial score (nSPS) is 15.4. The maximum absolute atomic E-state index is 12.4. The first-order chi connectivity index (χ1) is 11.6. The highest BCUT2D eigenvalue weighted by Crippen LogP contribution is 2.15. The van der Waals surface area contributed by atoms with E-state index in [0.29, 0.717) is 13.0 Å². The first-order valence-corrected chi connectivity index (χ1v) is 8.23. The van der Waals surface area contributed by atoms with E-state index in [1.54, 1.807) is 0 Å². The third-order valence-electron chi connectivity index (χ3n) is 4.79. The zero-order chi connectivity index (χ0) is 16.7. The molecule has 6 nitrogen and oxygen atoms in total. The Balaban J connectivity index is 1.58. The van der Waals surface area contributed by atoms with Crippen LogP contribution in [0.4, 0.5) is 0 Å². The molecule has 1 aromatic carbocycles. The van der Waals surface area contributed by atoms with Gasteiger partial charge in [0.1, 0.15) is 0 Å². The standard InChI is InChI=1S/C18H20N4O2/c1-11-2-3-12-9-13(17(23)19-16(12)8-11)10-22-6-4-14-15(5-7-22)20-21-18(14)24/h2-3,8-9H,4-7,10H2,1H3,(H,19,23)(H2,20,21,24). The molecule has 0 saturated carbocycles. The second-order valence-electron chi connectivity index (χ2n) is 6.53. The minimum absolute atomic E-state index is 0.0224. The highest BCUT2D eigenvalue weighted by Gasteiger charge is 2.18. The highest BCUT2D eigenvalue weighted by atomic mass is 16.1. The number of aromatic amines is 3. The third-order valence-corrected chi connectivity index (χ3v) is 4.79. The van der Waals surface area contributed by atoms with E-state index >= 15 is 0 Å². The van der Waals surface area contributed by atoms with E-state index in [1.165, 1.54) is 0 Å². The molecule has 124 valence electrons. The van der Waals surface area contributed by atoms with E-state index in [2.05, 4.69) is 26.1 Å². The van der Waals surface area contributed by atoms with Crippen molar-refractivity contribution in [2.75, 3.05) is 13.1 Å². The van der Waals surface area contributed by atoms with E-state index in [-0.39, 0.29) is 11.1 Å². The number of rotatable bonds is 2. The summed E-state index contributed by atoms with van der Waals surface area (Å²) >= 11 is 0. The van der Waals surface area contributed by atoms with Gasteiger partial charge in [-0.05, 0) is 36.4 Å². The second kappa shape index (κ2) is 5.79. The molecular weight excluding hydrogens is 304 g/mol. The van der Waals surface area contributed by atoms with Crippen molar-refractivity contribution in [1.29, 1.82) is 0 Å². The fraction of sp³-hybridized carbons (Fsp3) is 0.333. The van der Waals surface area contributed by atoms with E-state index in [4.69, 9.17) is 0 Å². The number of H-pyrrole nitrogens is 3. The molecule has 24 heavy (non-hydrogen) atoms. The Morgan fingerprint density at radius 2 is 1.88 bits per heavy atom. The Labute approximate surface area is 138 Å². The van der Waals surface area contributed by atoms with Crippen LogP contribution in [-0.4, -0.2) is 33.2 Å². The van der Waals surface area contributed by atoms with Crippen LogP contribution >= 0.6 is 0 Å². The lowest BCUT2D eigenvalue weighted by molar-refractivity contribution is 0.277. The molecule has 3 aromatic rings. The molecule has 2 aromatic heterocycles. The van der Waals surface area contributed by atoms with Gasteiger partial charge in [0.15, 0.2) is 0 Å². The van der Waals surface area contributed by atoms with Crippen molar-refractivity contribution in [3.63, 3.8) is 0 Å². The molecule has 0 spiro atoms. The van der Waals surface area contributed by atoms with Crippen LogP contribution in [0, 0.1) is 6.92 Å². The molecule has 1 aliphatic rings. The summed E-state index contributed by atoms with van der Waals surface area (Å²) in [5.41, 5.74) is 4.56. The average Bonchev–Trinajstić information content (AvgIpc) is 2.78. The zero-order valence-corrected chi connectivity index (χ0v) is 13.6. The Morgan fingerprint density at radius 1 is 1.04 bits per heavy atom. The number of hydrogen-bond acceptors (Lipinski definition) is 3. The van der Waals surface area contributed by atoms with Gasteiger partial charge >= 0.3 is 0 Å². The first-order valence-electron chi connectivity index (χ1n) is 8.23. The summed E-state index contributed by atoms with van der Waals surface area (Å²) in [5, 5.41) is 6.66. The summed E-state index contributed by atoms with van der Waals surface area (Å²) in [6.07, 6.45) is 1.50.